The molecule has 0 fully saturated rings. The lowest BCUT2D eigenvalue weighted by Crippen LogP contribution is -2.43. The van der Waals surface area contributed by atoms with E-state index in [0.717, 1.165) is 15.4 Å². The van der Waals surface area contributed by atoms with Crippen LogP contribution in [0.25, 0.3) is 10.8 Å². The van der Waals surface area contributed by atoms with Gasteiger partial charge in [0, 0.05) is 9.86 Å². The van der Waals surface area contributed by atoms with Crippen molar-refractivity contribution >= 4 is 42.7 Å². The van der Waals surface area contributed by atoms with Crippen LogP contribution in [0.15, 0.2) is 70.0 Å². The zero-order valence-electron chi connectivity index (χ0n) is 15.9. The minimum absolute atomic E-state index is 0.0972. The molecular formula is C21H20BrNO5S. The first kappa shape index (κ1) is 21.3. The quantitative estimate of drug-likeness (QED) is 0.524. The number of carbonyl (C=O) groups excluding carboxylic acids is 1. The van der Waals surface area contributed by atoms with E-state index in [-0.39, 0.29) is 11.3 Å². The minimum atomic E-state index is -3.99. The van der Waals surface area contributed by atoms with Crippen molar-refractivity contribution in [2.45, 2.75) is 17.4 Å². The number of ether oxygens (including phenoxy) is 2. The lowest BCUT2D eigenvalue weighted by atomic mass is 10.1. The average Bonchev–Trinajstić information content (AvgIpc) is 2.73. The van der Waals surface area contributed by atoms with Crippen molar-refractivity contribution in [3.63, 3.8) is 0 Å². The maximum Gasteiger partial charge on any atom is 0.324 e. The van der Waals surface area contributed by atoms with E-state index in [1.807, 2.05) is 12.1 Å². The van der Waals surface area contributed by atoms with Crippen molar-refractivity contribution in [3.05, 3.63) is 70.7 Å². The Bertz CT molecular complexity index is 1130. The summed E-state index contributed by atoms with van der Waals surface area (Å²) in [5.41, 5.74) is 0.768. The van der Waals surface area contributed by atoms with Crippen LogP contribution in [0.5, 0.6) is 5.75 Å². The van der Waals surface area contributed by atoms with Crippen molar-refractivity contribution in [1.29, 1.82) is 0 Å². The summed E-state index contributed by atoms with van der Waals surface area (Å²) in [6.07, 6.45) is 0.143. The second kappa shape index (κ2) is 8.94. The number of halogens is 1. The van der Waals surface area contributed by atoms with Gasteiger partial charge in [-0.3, -0.25) is 4.79 Å². The first-order chi connectivity index (χ1) is 13.9. The molecule has 0 radical (unpaired) electrons. The maximum absolute atomic E-state index is 13.1. The lowest BCUT2D eigenvalue weighted by molar-refractivity contribution is -0.142. The lowest BCUT2D eigenvalue weighted by Gasteiger charge is -2.18. The third-order valence-corrected chi connectivity index (χ3v) is 6.72. The number of carbonyl (C=O) groups is 1. The topological polar surface area (TPSA) is 81.7 Å². The first-order valence-corrected chi connectivity index (χ1v) is 11.0. The highest BCUT2D eigenvalue weighted by Gasteiger charge is 2.28. The van der Waals surface area contributed by atoms with Crippen LogP contribution in [0, 0.1) is 0 Å². The minimum Gasteiger partial charge on any atom is -0.497 e. The van der Waals surface area contributed by atoms with Gasteiger partial charge in [0.2, 0.25) is 10.0 Å². The molecule has 3 aromatic rings. The van der Waals surface area contributed by atoms with Gasteiger partial charge < -0.3 is 9.47 Å². The molecule has 0 aliphatic rings. The fourth-order valence-electron chi connectivity index (χ4n) is 3.03. The molecule has 6 nitrogen and oxygen atoms in total. The fourth-order valence-corrected chi connectivity index (χ4v) is 4.91. The Morgan fingerprint density at radius 2 is 1.66 bits per heavy atom. The normalized spacial score (nSPS) is 12.5. The number of methoxy groups -OCH3 is 2. The van der Waals surface area contributed by atoms with Crippen molar-refractivity contribution < 1.29 is 22.7 Å². The number of sulfonamides is 1. The summed E-state index contributed by atoms with van der Waals surface area (Å²) in [6, 6.07) is 16.3. The first-order valence-electron chi connectivity index (χ1n) is 8.76. The SMILES string of the molecule is COC(=O)C(Cc1ccc(OC)cc1)NS(=O)(=O)c1ccc(Br)c2ccccc12. The number of rotatable bonds is 7. The van der Waals surface area contributed by atoms with Crippen molar-refractivity contribution in [3.8, 4) is 5.75 Å². The van der Waals surface area contributed by atoms with Crippen molar-refractivity contribution in [2.75, 3.05) is 14.2 Å². The van der Waals surface area contributed by atoms with Gasteiger partial charge in [0.1, 0.15) is 11.8 Å². The Labute approximate surface area is 178 Å². The highest BCUT2D eigenvalue weighted by Crippen LogP contribution is 2.29. The van der Waals surface area contributed by atoms with Gasteiger partial charge in [0.05, 0.1) is 19.1 Å². The van der Waals surface area contributed by atoms with E-state index < -0.39 is 22.0 Å². The summed E-state index contributed by atoms with van der Waals surface area (Å²) in [4.78, 5) is 12.4. The van der Waals surface area contributed by atoms with Crippen LogP contribution < -0.4 is 9.46 Å². The van der Waals surface area contributed by atoms with Crippen LogP contribution in [0.3, 0.4) is 0 Å². The van der Waals surface area contributed by atoms with Gasteiger partial charge in [0.25, 0.3) is 0 Å². The van der Waals surface area contributed by atoms with Gasteiger partial charge in [-0.15, -0.1) is 0 Å². The number of benzene rings is 3. The van der Waals surface area contributed by atoms with Gasteiger partial charge in [-0.2, -0.15) is 4.72 Å². The smallest absolute Gasteiger partial charge is 0.324 e. The molecule has 1 atom stereocenters. The van der Waals surface area contributed by atoms with E-state index in [2.05, 4.69) is 20.7 Å². The molecular weight excluding hydrogens is 458 g/mol. The van der Waals surface area contributed by atoms with E-state index in [9.17, 15) is 13.2 Å². The van der Waals surface area contributed by atoms with Gasteiger partial charge in [-0.25, -0.2) is 8.42 Å². The zero-order valence-corrected chi connectivity index (χ0v) is 18.3. The molecule has 0 amide bonds. The number of nitrogens with one attached hydrogen (secondary N) is 1. The molecule has 0 saturated carbocycles. The molecule has 1 N–H and O–H groups in total. The predicted molar refractivity (Wildman–Crippen MR) is 114 cm³/mol. The fraction of sp³-hybridized carbons (Fsp3) is 0.190. The molecule has 0 aliphatic heterocycles. The van der Waals surface area contributed by atoms with E-state index >= 15 is 0 Å². The standard InChI is InChI=1S/C21H20BrNO5S/c1-27-15-9-7-14(8-10-15)13-19(21(24)28-2)23-29(25,26)20-12-11-18(22)16-5-3-4-6-17(16)20/h3-12,19,23H,13H2,1-2H3. The Balaban J connectivity index is 1.94. The average molecular weight is 478 g/mol. The third kappa shape index (κ3) is 4.77. The Morgan fingerprint density at radius 1 is 1.00 bits per heavy atom. The molecule has 29 heavy (non-hydrogen) atoms. The molecule has 8 heteroatoms. The van der Waals surface area contributed by atoms with Crippen LogP contribution >= 0.6 is 15.9 Å². The Morgan fingerprint density at radius 3 is 2.28 bits per heavy atom. The largest absolute Gasteiger partial charge is 0.497 e. The highest BCUT2D eigenvalue weighted by molar-refractivity contribution is 9.10. The summed E-state index contributed by atoms with van der Waals surface area (Å²) in [5, 5.41) is 1.32. The highest BCUT2D eigenvalue weighted by atomic mass is 79.9. The molecule has 152 valence electrons. The van der Waals surface area contributed by atoms with E-state index in [0.29, 0.717) is 11.1 Å². The molecule has 3 aromatic carbocycles. The van der Waals surface area contributed by atoms with Gasteiger partial charge >= 0.3 is 5.97 Å². The Hall–Kier alpha value is -2.42. The van der Waals surface area contributed by atoms with E-state index in [1.165, 1.54) is 13.2 Å². The van der Waals surface area contributed by atoms with E-state index in [4.69, 9.17) is 9.47 Å². The molecule has 0 aliphatic carbocycles. The van der Waals surface area contributed by atoms with Gasteiger partial charge in [0.15, 0.2) is 0 Å². The van der Waals surface area contributed by atoms with Crippen molar-refractivity contribution in [1.82, 2.24) is 4.72 Å². The number of esters is 1. The monoisotopic (exact) mass is 477 g/mol. The molecule has 0 spiro atoms. The van der Waals surface area contributed by atoms with Crippen LogP contribution in [0.2, 0.25) is 0 Å². The number of hydrogen-bond donors (Lipinski definition) is 1. The molecule has 3 rings (SSSR count). The van der Waals surface area contributed by atoms with Crippen LogP contribution in [-0.2, 0) is 26.0 Å². The van der Waals surface area contributed by atoms with Crippen LogP contribution in [0.1, 0.15) is 5.56 Å². The molecule has 0 saturated heterocycles. The molecule has 0 bridgehead atoms. The summed E-state index contributed by atoms with van der Waals surface area (Å²) in [6.45, 7) is 0. The molecule has 1 unspecified atom stereocenters. The molecule has 0 heterocycles. The summed E-state index contributed by atoms with van der Waals surface area (Å²) in [5.74, 6) is 0.0103. The molecule has 0 aromatic heterocycles. The van der Waals surface area contributed by atoms with Crippen LogP contribution in [0.4, 0.5) is 0 Å². The van der Waals surface area contributed by atoms with E-state index in [1.54, 1.807) is 49.6 Å². The van der Waals surface area contributed by atoms with Gasteiger partial charge in [-0.1, -0.05) is 52.3 Å². The zero-order chi connectivity index (χ0) is 21.0. The summed E-state index contributed by atoms with van der Waals surface area (Å²) < 4.78 is 39.5. The summed E-state index contributed by atoms with van der Waals surface area (Å²) in [7, 11) is -1.20. The second-order valence-electron chi connectivity index (χ2n) is 6.34. The summed E-state index contributed by atoms with van der Waals surface area (Å²) >= 11 is 3.44. The van der Waals surface area contributed by atoms with Crippen molar-refractivity contribution in [2.24, 2.45) is 0 Å². The number of hydrogen-bond acceptors (Lipinski definition) is 5. The van der Waals surface area contributed by atoms with Crippen LogP contribution in [-0.4, -0.2) is 34.6 Å². The number of fused-ring (bicyclic) bond motifs is 1. The second-order valence-corrected chi connectivity index (χ2v) is 8.88. The van der Waals surface area contributed by atoms with Gasteiger partial charge in [-0.05, 0) is 41.6 Å². The maximum atomic E-state index is 13.1. The predicted octanol–water partition coefficient (Wildman–Crippen LogP) is 3.67. The Kier molecular flexibility index (Phi) is 6.56. The third-order valence-electron chi connectivity index (χ3n) is 4.50.